The van der Waals surface area contributed by atoms with Crippen molar-refractivity contribution in [3.8, 4) is 0 Å². The van der Waals surface area contributed by atoms with Crippen LogP contribution in [0.4, 0.5) is 0 Å². The third-order valence-electron chi connectivity index (χ3n) is 4.49. The number of amides is 1. The summed E-state index contributed by atoms with van der Waals surface area (Å²) >= 11 is 5.93. The van der Waals surface area contributed by atoms with Gasteiger partial charge in [0.2, 0.25) is 0 Å². The molecule has 1 unspecified atom stereocenters. The number of hydrogen-bond acceptors (Lipinski definition) is 4. The molecule has 2 saturated heterocycles. The Kier molecular flexibility index (Phi) is 5.54. The Bertz CT molecular complexity index is 537. The molecule has 1 aromatic carbocycles. The number of hydrogen-bond donors (Lipinski definition) is 0. The number of nitrogens with zero attached hydrogens (tertiary/aromatic N) is 2. The number of benzene rings is 1. The number of likely N-dealkylation sites (N-methyl/N-ethyl adjacent to an activating group) is 1. The largest absolute Gasteiger partial charge is 0.370 e. The maximum Gasteiger partial charge on any atom is 0.253 e. The molecular weight excluding hydrogens is 316 g/mol. The molecule has 126 valence electrons. The predicted molar refractivity (Wildman–Crippen MR) is 88.6 cm³/mol. The van der Waals surface area contributed by atoms with Crippen molar-refractivity contribution < 1.29 is 14.3 Å². The summed E-state index contributed by atoms with van der Waals surface area (Å²) in [6, 6.07) is 7.61. The van der Waals surface area contributed by atoms with Gasteiger partial charge >= 0.3 is 0 Å². The summed E-state index contributed by atoms with van der Waals surface area (Å²) in [5, 5.41) is 0.702. The summed E-state index contributed by atoms with van der Waals surface area (Å²) in [5.41, 5.74) is 1.05. The minimum atomic E-state index is -0.354. The second-order valence-corrected chi connectivity index (χ2v) is 6.38. The molecule has 0 aliphatic carbocycles. The fourth-order valence-corrected chi connectivity index (χ4v) is 3.20. The summed E-state index contributed by atoms with van der Waals surface area (Å²) in [6.45, 7) is 6.98. The topological polar surface area (TPSA) is 42.0 Å². The average molecular weight is 339 g/mol. The van der Waals surface area contributed by atoms with Gasteiger partial charge in [-0.1, -0.05) is 30.7 Å². The van der Waals surface area contributed by atoms with E-state index in [1.807, 2.05) is 29.2 Å². The van der Waals surface area contributed by atoms with Crippen LogP contribution in [-0.4, -0.2) is 67.7 Å². The molecule has 0 N–H and O–H groups in total. The molecule has 5 nitrogen and oxygen atoms in total. The Hall–Kier alpha value is -1.14. The van der Waals surface area contributed by atoms with Crippen molar-refractivity contribution in [1.29, 1.82) is 0 Å². The zero-order valence-corrected chi connectivity index (χ0v) is 14.2. The van der Waals surface area contributed by atoms with Crippen LogP contribution in [0.25, 0.3) is 0 Å². The summed E-state index contributed by atoms with van der Waals surface area (Å²) in [7, 11) is 0. The van der Waals surface area contributed by atoms with Crippen molar-refractivity contribution in [2.45, 2.75) is 19.1 Å². The van der Waals surface area contributed by atoms with E-state index in [1.165, 1.54) is 0 Å². The standard InChI is InChI=1S/C17H23ClN2O3/c1-2-19-7-9-23-16(11-19)17(21)20-8-10-22-15(12-20)13-3-5-14(18)6-4-13/h3-6,15-16H,2,7-12H2,1H3/t15-,16?/m1/s1. The molecule has 3 rings (SSSR count). The van der Waals surface area contributed by atoms with Gasteiger partial charge in [-0.25, -0.2) is 0 Å². The fraction of sp³-hybridized carbons (Fsp3) is 0.588. The molecular formula is C17H23ClN2O3. The molecule has 0 saturated carbocycles. The zero-order chi connectivity index (χ0) is 16.2. The van der Waals surface area contributed by atoms with E-state index in [1.54, 1.807) is 0 Å². The van der Waals surface area contributed by atoms with Gasteiger partial charge in [0, 0.05) is 24.7 Å². The number of ether oxygens (including phenoxy) is 2. The van der Waals surface area contributed by atoms with Gasteiger partial charge in [-0.15, -0.1) is 0 Å². The van der Waals surface area contributed by atoms with Crippen LogP contribution in [0.15, 0.2) is 24.3 Å². The van der Waals surface area contributed by atoms with Crippen molar-refractivity contribution in [3.63, 3.8) is 0 Å². The Morgan fingerprint density at radius 1 is 1.17 bits per heavy atom. The van der Waals surface area contributed by atoms with Gasteiger partial charge < -0.3 is 14.4 Å². The second-order valence-electron chi connectivity index (χ2n) is 5.95. The van der Waals surface area contributed by atoms with E-state index >= 15 is 0 Å². The van der Waals surface area contributed by atoms with Crippen molar-refractivity contribution in [2.75, 3.05) is 45.9 Å². The molecule has 23 heavy (non-hydrogen) atoms. The van der Waals surface area contributed by atoms with E-state index in [-0.39, 0.29) is 18.1 Å². The summed E-state index contributed by atoms with van der Waals surface area (Å²) in [4.78, 5) is 16.9. The molecule has 2 heterocycles. The lowest BCUT2D eigenvalue weighted by Gasteiger charge is -2.38. The van der Waals surface area contributed by atoms with Crippen LogP contribution in [0, 0.1) is 0 Å². The first-order valence-corrected chi connectivity index (χ1v) is 8.55. The lowest BCUT2D eigenvalue weighted by molar-refractivity contribution is -0.156. The van der Waals surface area contributed by atoms with E-state index in [0.29, 0.717) is 37.9 Å². The summed E-state index contributed by atoms with van der Waals surface area (Å²) in [5.74, 6) is 0.0745. The van der Waals surface area contributed by atoms with Gasteiger partial charge in [-0.05, 0) is 24.2 Å². The summed E-state index contributed by atoms with van der Waals surface area (Å²) < 4.78 is 11.5. The quantitative estimate of drug-likeness (QED) is 0.845. The number of carbonyl (C=O) groups excluding carboxylic acids is 1. The van der Waals surface area contributed by atoms with Crippen LogP contribution in [0.3, 0.4) is 0 Å². The third-order valence-corrected chi connectivity index (χ3v) is 4.75. The molecule has 0 bridgehead atoms. The van der Waals surface area contributed by atoms with Crippen molar-refractivity contribution in [3.05, 3.63) is 34.9 Å². The maximum absolute atomic E-state index is 12.7. The fourth-order valence-electron chi connectivity index (χ4n) is 3.07. The Balaban J connectivity index is 1.63. The summed E-state index contributed by atoms with van der Waals surface area (Å²) in [6.07, 6.45) is -0.455. The SMILES string of the molecule is CCN1CCOC(C(=O)N2CCO[C@@H](c3ccc(Cl)cc3)C2)C1. The van der Waals surface area contributed by atoms with Crippen molar-refractivity contribution in [1.82, 2.24) is 9.80 Å². The third kappa shape index (κ3) is 4.04. The molecule has 1 aromatic rings. The normalized spacial score (nSPS) is 26.3. The van der Waals surface area contributed by atoms with Crippen LogP contribution in [-0.2, 0) is 14.3 Å². The van der Waals surface area contributed by atoms with Crippen molar-refractivity contribution >= 4 is 17.5 Å². The van der Waals surface area contributed by atoms with Crippen LogP contribution in [0.5, 0.6) is 0 Å². The minimum Gasteiger partial charge on any atom is -0.370 e. The molecule has 2 atom stereocenters. The highest BCUT2D eigenvalue weighted by Gasteiger charge is 2.33. The van der Waals surface area contributed by atoms with Crippen LogP contribution in [0.1, 0.15) is 18.6 Å². The van der Waals surface area contributed by atoms with E-state index in [9.17, 15) is 4.79 Å². The number of carbonyl (C=O) groups is 1. The lowest BCUT2D eigenvalue weighted by atomic mass is 10.1. The second kappa shape index (κ2) is 7.62. The first kappa shape index (κ1) is 16.7. The van der Waals surface area contributed by atoms with E-state index in [4.69, 9.17) is 21.1 Å². The molecule has 0 aromatic heterocycles. The first-order valence-electron chi connectivity index (χ1n) is 8.17. The smallest absolute Gasteiger partial charge is 0.253 e. The minimum absolute atomic E-state index is 0.0745. The van der Waals surface area contributed by atoms with Crippen LogP contribution >= 0.6 is 11.6 Å². The molecule has 2 fully saturated rings. The number of halogens is 1. The van der Waals surface area contributed by atoms with Gasteiger partial charge in [-0.3, -0.25) is 9.69 Å². The van der Waals surface area contributed by atoms with E-state index in [2.05, 4.69) is 11.8 Å². The molecule has 2 aliphatic heterocycles. The molecule has 0 spiro atoms. The molecule has 0 radical (unpaired) electrons. The highest BCUT2D eigenvalue weighted by Crippen LogP contribution is 2.24. The average Bonchev–Trinajstić information content (AvgIpc) is 2.62. The van der Waals surface area contributed by atoms with Crippen LogP contribution in [0.2, 0.25) is 5.02 Å². The Morgan fingerprint density at radius 2 is 1.91 bits per heavy atom. The first-order chi connectivity index (χ1) is 11.2. The van der Waals surface area contributed by atoms with Gasteiger partial charge in [0.25, 0.3) is 5.91 Å². The van der Waals surface area contributed by atoms with Gasteiger partial charge in [0.05, 0.1) is 19.8 Å². The maximum atomic E-state index is 12.7. The van der Waals surface area contributed by atoms with Gasteiger partial charge in [-0.2, -0.15) is 0 Å². The van der Waals surface area contributed by atoms with Gasteiger partial charge in [0.15, 0.2) is 0 Å². The Morgan fingerprint density at radius 3 is 2.65 bits per heavy atom. The van der Waals surface area contributed by atoms with E-state index < -0.39 is 0 Å². The molecule has 1 amide bonds. The van der Waals surface area contributed by atoms with E-state index in [0.717, 1.165) is 18.7 Å². The molecule has 6 heteroatoms. The van der Waals surface area contributed by atoms with Gasteiger partial charge in [0.1, 0.15) is 12.2 Å². The zero-order valence-electron chi connectivity index (χ0n) is 13.4. The molecule has 2 aliphatic rings. The Labute approximate surface area is 142 Å². The number of rotatable bonds is 3. The highest BCUT2D eigenvalue weighted by molar-refractivity contribution is 6.30. The highest BCUT2D eigenvalue weighted by atomic mass is 35.5. The van der Waals surface area contributed by atoms with Crippen molar-refractivity contribution in [2.24, 2.45) is 0 Å². The van der Waals surface area contributed by atoms with Crippen LogP contribution < -0.4 is 0 Å². The lowest BCUT2D eigenvalue weighted by Crippen LogP contribution is -2.53. The predicted octanol–water partition coefficient (Wildman–Crippen LogP) is 1.96. The number of morpholine rings is 2. The monoisotopic (exact) mass is 338 g/mol.